The molecule has 0 bridgehead atoms. The largest absolute Gasteiger partial charge is 0.439 e. The Morgan fingerprint density at radius 1 is 1.30 bits per heavy atom. The van der Waals surface area contributed by atoms with Crippen LogP contribution in [0.2, 0.25) is 5.02 Å². The van der Waals surface area contributed by atoms with Gasteiger partial charge in [0, 0.05) is 24.9 Å². The topological polar surface area (TPSA) is 34.1 Å². The molecule has 0 fully saturated rings. The van der Waals surface area contributed by atoms with E-state index < -0.39 is 5.82 Å². The number of hydrogen-bond donors (Lipinski definition) is 1. The Hall–Kier alpha value is -1.65. The van der Waals surface area contributed by atoms with Crippen molar-refractivity contribution in [3.8, 4) is 11.6 Å². The lowest BCUT2D eigenvalue weighted by atomic mass is 10.3. The summed E-state index contributed by atoms with van der Waals surface area (Å²) < 4.78 is 18.5. The van der Waals surface area contributed by atoms with Gasteiger partial charge in [-0.15, -0.1) is 0 Å². The summed E-state index contributed by atoms with van der Waals surface area (Å²) in [5.41, 5.74) is 1.09. The molecule has 20 heavy (non-hydrogen) atoms. The van der Waals surface area contributed by atoms with Gasteiger partial charge in [-0.2, -0.15) is 0 Å². The third-order valence-corrected chi connectivity index (χ3v) is 2.96. The van der Waals surface area contributed by atoms with Crippen molar-refractivity contribution in [1.82, 2.24) is 10.3 Å². The molecule has 1 aromatic heterocycles. The maximum absolute atomic E-state index is 13.0. The highest BCUT2D eigenvalue weighted by Gasteiger charge is 2.04. The second-order valence-electron chi connectivity index (χ2n) is 4.36. The summed E-state index contributed by atoms with van der Waals surface area (Å²) in [5.74, 6) is 0.442. The van der Waals surface area contributed by atoms with Crippen LogP contribution in [0.3, 0.4) is 0 Å². The third kappa shape index (κ3) is 4.18. The van der Waals surface area contributed by atoms with Gasteiger partial charge in [0.25, 0.3) is 0 Å². The summed E-state index contributed by atoms with van der Waals surface area (Å²) in [7, 11) is 0. The zero-order chi connectivity index (χ0) is 14.4. The molecule has 1 heterocycles. The molecule has 1 aromatic carbocycles. The fourth-order valence-electron chi connectivity index (χ4n) is 1.65. The third-order valence-electron chi connectivity index (χ3n) is 2.67. The van der Waals surface area contributed by atoms with Gasteiger partial charge in [0.1, 0.15) is 11.6 Å². The first kappa shape index (κ1) is 14.8. The van der Waals surface area contributed by atoms with Gasteiger partial charge < -0.3 is 10.1 Å². The SMILES string of the molecule is CCCNCc1ccc(Oc2ccc(F)c(Cl)c2)nc1. The van der Waals surface area contributed by atoms with Crippen molar-refractivity contribution in [3.05, 3.63) is 52.9 Å². The summed E-state index contributed by atoms with van der Waals surface area (Å²) in [6, 6.07) is 7.92. The number of pyridine rings is 1. The fourth-order valence-corrected chi connectivity index (χ4v) is 1.82. The number of nitrogens with one attached hydrogen (secondary N) is 1. The number of aromatic nitrogens is 1. The molecular formula is C15H16ClFN2O. The Morgan fingerprint density at radius 3 is 2.80 bits per heavy atom. The van der Waals surface area contributed by atoms with Crippen LogP contribution in [0, 0.1) is 5.82 Å². The predicted octanol–water partition coefficient (Wildman–Crippen LogP) is 4.17. The van der Waals surface area contributed by atoms with Crippen LogP contribution in [0.1, 0.15) is 18.9 Å². The Morgan fingerprint density at radius 2 is 2.15 bits per heavy atom. The van der Waals surface area contributed by atoms with Crippen molar-refractivity contribution in [3.63, 3.8) is 0 Å². The van der Waals surface area contributed by atoms with Gasteiger partial charge in [-0.1, -0.05) is 24.6 Å². The molecular weight excluding hydrogens is 279 g/mol. The molecule has 3 nitrogen and oxygen atoms in total. The molecule has 0 amide bonds. The molecule has 0 unspecified atom stereocenters. The Labute approximate surface area is 122 Å². The van der Waals surface area contributed by atoms with Gasteiger partial charge >= 0.3 is 0 Å². The van der Waals surface area contributed by atoms with E-state index in [0.717, 1.165) is 25.1 Å². The van der Waals surface area contributed by atoms with Crippen LogP contribution in [0.4, 0.5) is 4.39 Å². The second-order valence-corrected chi connectivity index (χ2v) is 4.77. The fraction of sp³-hybridized carbons (Fsp3) is 0.267. The van der Waals surface area contributed by atoms with E-state index in [2.05, 4.69) is 17.2 Å². The summed E-state index contributed by atoms with van der Waals surface area (Å²) in [4.78, 5) is 4.21. The number of ether oxygens (including phenoxy) is 1. The van der Waals surface area contributed by atoms with E-state index in [-0.39, 0.29) is 5.02 Å². The predicted molar refractivity (Wildman–Crippen MR) is 77.7 cm³/mol. The first-order valence-electron chi connectivity index (χ1n) is 6.47. The van der Waals surface area contributed by atoms with E-state index in [1.807, 2.05) is 6.07 Å². The Balaban J connectivity index is 1.97. The van der Waals surface area contributed by atoms with Crippen molar-refractivity contribution in [2.75, 3.05) is 6.54 Å². The Kier molecular flexibility index (Phi) is 5.32. The monoisotopic (exact) mass is 294 g/mol. The minimum absolute atomic E-state index is 0.0304. The molecule has 0 saturated heterocycles. The summed E-state index contributed by atoms with van der Waals surface area (Å²) >= 11 is 5.69. The zero-order valence-electron chi connectivity index (χ0n) is 11.2. The summed E-state index contributed by atoms with van der Waals surface area (Å²) in [6.07, 6.45) is 2.85. The van der Waals surface area contributed by atoms with Crippen LogP contribution in [0.5, 0.6) is 11.6 Å². The molecule has 106 valence electrons. The second kappa shape index (κ2) is 7.22. The first-order valence-corrected chi connectivity index (χ1v) is 6.85. The van der Waals surface area contributed by atoms with Crippen molar-refractivity contribution in [1.29, 1.82) is 0 Å². The van der Waals surface area contributed by atoms with E-state index in [9.17, 15) is 4.39 Å². The maximum Gasteiger partial charge on any atom is 0.219 e. The van der Waals surface area contributed by atoms with E-state index in [1.54, 1.807) is 12.3 Å². The molecule has 0 spiro atoms. The quantitative estimate of drug-likeness (QED) is 0.812. The van der Waals surface area contributed by atoms with E-state index in [0.29, 0.717) is 11.6 Å². The van der Waals surface area contributed by atoms with Crippen molar-refractivity contribution < 1.29 is 9.13 Å². The molecule has 0 aliphatic carbocycles. The number of benzene rings is 1. The highest BCUT2D eigenvalue weighted by Crippen LogP contribution is 2.24. The lowest BCUT2D eigenvalue weighted by Crippen LogP contribution is -2.13. The zero-order valence-corrected chi connectivity index (χ0v) is 12.0. The normalized spacial score (nSPS) is 10.6. The molecule has 0 atom stereocenters. The van der Waals surface area contributed by atoms with Gasteiger partial charge in [-0.05, 0) is 30.7 Å². The van der Waals surface area contributed by atoms with Gasteiger partial charge in [0.15, 0.2) is 0 Å². The minimum Gasteiger partial charge on any atom is -0.439 e. The average Bonchev–Trinajstić information content (AvgIpc) is 2.45. The molecule has 1 N–H and O–H groups in total. The van der Waals surface area contributed by atoms with E-state index in [1.165, 1.54) is 18.2 Å². The van der Waals surface area contributed by atoms with Crippen LogP contribution in [-0.4, -0.2) is 11.5 Å². The van der Waals surface area contributed by atoms with Gasteiger partial charge in [0.2, 0.25) is 5.88 Å². The van der Waals surface area contributed by atoms with Gasteiger partial charge in [0.05, 0.1) is 5.02 Å². The standard InChI is InChI=1S/C15H16ClFN2O/c1-2-7-18-9-11-3-6-15(19-10-11)20-12-4-5-14(17)13(16)8-12/h3-6,8,10,18H,2,7,9H2,1H3. The number of nitrogens with zero attached hydrogens (tertiary/aromatic N) is 1. The lowest BCUT2D eigenvalue weighted by Gasteiger charge is -2.07. The van der Waals surface area contributed by atoms with E-state index >= 15 is 0 Å². The van der Waals surface area contributed by atoms with E-state index in [4.69, 9.17) is 16.3 Å². The highest BCUT2D eigenvalue weighted by molar-refractivity contribution is 6.30. The van der Waals surface area contributed by atoms with Gasteiger partial charge in [-0.25, -0.2) is 9.37 Å². The highest BCUT2D eigenvalue weighted by atomic mass is 35.5. The van der Waals surface area contributed by atoms with Crippen molar-refractivity contribution in [2.24, 2.45) is 0 Å². The molecule has 0 radical (unpaired) electrons. The molecule has 0 saturated carbocycles. The van der Waals surface area contributed by atoms with Crippen LogP contribution in [0.15, 0.2) is 36.5 Å². The van der Waals surface area contributed by atoms with Crippen LogP contribution in [0.25, 0.3) is 0 Å². The molecule has 2 rings (SSSR count). The van der Waals surface area contributed by atoms with Crippen LogP contribution >= 0.6 is 11.6 Å². The minimum atomic E-state index is -0.468. The van der Waals surface area contributed by atoms with Crippen LogP contribution in [-0.2, 0) is 6.54 Å². The van der Waals surface area contributed by atoms with Crippen LogP contribution < -0.4 is 10.1 Å². The summed E-state index contributed by atoms with van der Waals surface area (Å²) in [5, 5.41) is 3.32. The number of hydrogen-bond acceptors (Lipinski definition) is 3. The molecule has 0 aliphatic heterocycles. The Bertz CT molecular complexity index is 560. The molecule has 0 aliphatic rings. The smallest absolute Gasteiger partial charge is 0.219 e. The lowest BCUT2D eigenvalue weighted by molar-refractivity contribution is 0.460. The molecule has 5 heteroatoms. The average molecular weight is 295 g/mol. The number of rotatable bonds is 6. The van der Waals surface area contributed by atoms with Crippen molar-refractivity contribution in [2.45, 2.75) is 19.9 Å². The van der Waals surface area contributed by atoms with Gasteiger partial charge in [-0.3, -0.25) is 0 Å². The molecule has 2 aromatic rings. The first-order chi connectivity index (χ1) is 9.69. The van der Waals surface area contributed by atoms with Crippen molar-refractivity contribution >= 4 is 11.6 Å². The maximum atomic E-state index is 13.0. The number of halogens is 2. The summed E-state index contributed by atoms with van der Waals surface area (Å²) in [6.45, 7) is 3.88.